The minimum atomic E-state index is -0.504. The Balaban J connectivity index is 2.69. The summed E-state index contributed by atoms with van der Waals surface area (Å²) < 4.78 is 0. The van der Waals surface area contributed by atoms with E-state index in [1.165, 1.54) is 5.56 Å². The van der Waals surface area contributed by atoms with Crippen molar-refractivity contribution in [2.45, 2.75) is 45.4 Å². The number of aromatic nitrogens is 2. The number of nitrogens with one attached hydrogen (secondary N) is 1. The Bertz CT molecular complexity index is 621. The van der Waals surface area contributed by atoms with Crippen molar-refractivity contribution in [2.75, 3.05) is 0 Å². The molecule has 0 aliphatic carbocycles. The molecule has 0 aliphatic rings. The van der Waals surface area contributed by atoms with Crippen molar-refractivity contribution in [3.8, 4) is 6.07 Å². The number of nitrogens with zero attached hydrogens (tertiary/aromatic N) is 2. The fraction of sp³-hybridized carbons (Fsp3) is 0.467. The van der Waals surface area contributed by atoms with Crippen molar-refractivity contribution < 1.29 is 0 Å². The number of fused-ring (bicyclic) bond motifs is 1. The highest BCUT2D eigenvalue weighted by Crippen LogP contribution is 2.32. The van der Waals surface area contributed by atoms with Crippen LogP contribution in [0.5, 0.6) is 0 Å². The van der Waals surface area contributed by atoms with Gasteiger partial charge in [-0.05, 0) is 36.5 Å². The topological polar surface area (TPSA) is 52.5 Å². The molecule has 0 saturated heterocycles. The molecule has 2 aromatic rings. The van der Waals surface area contributed by atoms with Crippen LogP contribution in [0.1, 0.15) is 45.7 Å². The summed E-state index contributed by atoms with van der Waals surface area (Å²) >= 11 is 0. The molecule has 3 heteroatoms. The first kappa shape index (κ1) is 12.6. The summed E-state index contributed by atoms with van der Waals surface area (Å²) in [6.07, 6.45) is 3.80. The molecule has 0 amide bonds. The molecule has 1 N–H and O–H groups in total. The van der Waals surface area contributed by atoms with E-state index in [2.05, 4.69) is 42.9 Å². The molecule has 0 spiro atoms. The maximum atomic E-state index is 9.27. The summed E-state index contributed by atoms with van der Waals surface area (Å²) in [5.41, 5.74) is 2.60. The van der Waals surface area contributed by atoms with Crippen LogP contribution in [0.25, 0.3) is 11.0 Å². The molecule has 0 atom stereocenters. The second-order valence-corrected chi connectivity index (χ2v) is 6.31. The van der Waals surface area contributed by atoms with Gasteiger partial charge in [0.15, 0.2) is 0 Å². The fourth-order valence-electron chi connectivity index (χ4n) is 1.99. The van der Waals surface area contributed by atoms with E-state index in [9.17, 15) is 5.26 Å². The number of hydrogen-bond donors (Lipinski definition) is 1. The third-order valence-electron chi connectivity index (χ3n) is 3.35. The lowest BCUT2D eigenvalue weighted by atomic mass is 9.84. The first-order chi connectivity index (χ1) is 8.25. The van der Waals surface area contributed by atoms with E-state index in [0.717, 1.165) is 16.6 Å². The predicted molar refractivity (Wildman–Crippen MR) is 73.4 cm³/mol. The minimum Gasteiger partial charge on any atom is -0.346 e. The van der Waals surface area contributed by atoms with E-state index >= 15 is 0 Å². The predicted octanol–water partition coefficient (Wildman–Crippen LogP) is 3.66. The van der Waals surface area contributed by atoms with Gasteiger partial charge in [-0.1, -0.05) is 20.8 Å². The molecule has 0 fully saturated rings. The summed E-state index contributed by atoms with van der Waals surface area (Å²) in [6.45, 7) is 10.4. The van der Waals surface area contributed by atoms with Crippen LogP contribution in [0.4, 0.5) is 0 Å². The van der Waals surface area contributed by atoms with Crippen molar-refractivity contribution in [3.05, 3.63) is 29.6 Å². The summed E-state index contributed by atoms with van der Waals surface area (Å²) in [4.78, 5) is 7.60. The number of nitriles is 1. The number of H-pyrrole nitrogens is 1. The largest absolute Gasteiger partial charge is 0.346 e. The van der Waals surface area contributed by atoms with E-state index in [1.807, 2.05) is 26.2 Å². The Labute approximate surface area is 108 Å². The smallest absolute Gasteiger partial charge is 0.137 e. The van der Waals surface area contributed by atoms with Crippen molar-refractivity contribution >= 4 is 11.0 Å². The van der Waals surface area contributed by atoms with Crippen molar-refractivity contribution in [2.24, 2.45) is 0 Å². The summed E-state index contributed by atoms with van der Waals surface area (Å²) in [5, 5.41) is 10.3. The van der Waals surface area contributed by atoms with Crippen LogP contribution < -0.4 is 0 Å². The van der Waals surface area contributed by atoms with Crippen LogP contribution in [0.3, 0.4) is 0 Å². The Hall–Kier alpha value is -1.82. The maximum absolute atomic E-state index is 9.27. The number of aromatic amines is 1. The normalized spacial score (nSPS) is 12.7. The maximum Gasteiger partial charge on any atom is 0.137 e. The van der Waals surface area contributed by atoms with Crippen LogP contribution in [0, 0.1) is 11.3 Å². The molecule has 0 aliphatic heterocycles. The van der Waals surface area contributed by atoms with Gasteiger partial charge in [-0.15, -0.1) is 0 Å². The van der Waals surface area contributed by atoms with Crippen molar-refractivity contribution in [1.82, 2.24) is 9.97 Å². The van der Waals surface area contributed by atoms with Crippen LogP contribution in [-0.2, 0) is 10.8 Å². The van der Waals surface area contributed by atoms with Gasteiger partial charge in [0.25, 0.3) is 0 Å². The zero-order valence-electron chi connectivity index (χ0n) is 11.6. The Kier molecular flexibility index (Phi) is 2.70. The first-order valence-electron chi connectivity index (χ1n) is 6.15. The number of hydrogen-bond acceptors (Lipinski definition) is 2. The lowest BCUT2D eigenvalue weighted by Crippen LogP contribution is -2.14. The summed E-state index contributed by atoms with van der Waals surface area (Å²) in [5.74, 6) is 0. The molecule has 0 saturated carbocycles. The van der Waals surface area contributed by atoms with Crippen molar-refractivity contribution in [3.63, 3.8) is 0 Å². The first-order valence-corrected chi connectivity index (χ1v) is 6.15. The lowest BCUT2D eigenvalue weighted by Gasteiger charge is -2.19. The van der Waals surface area contributed by atoms with Gasteiger partial charge < -0.3 is 4.98 Å². The average Bonchev–Trinajstić information content (AvgIpc) is 2.71. The average molecular weight is 241 g/mol. The lowest BCUT2D eigenvalue weighted by molar-refractivity contribution is 0.588. The third kappa shape index (κ3) is 1.99. The molecule has 0 bridgehead atoms. The van der Waals surface area contributed by atoms with Crippen LogP contribution in [0.15, 0.2) is 18.5 Å². The van der Waals surface area contributed by atoms with Crippen LogP contribution in [0.2, 0.25) is 0 Å². The van der Waals surface area contributed by atoms with Gasteiger partial charge in [0.2, 0.25) is 0 Å². The number of rotatable bonds is 1. The molecule has 94 valence electrons. The van der Waals surface area contributed by atoms with E-state index in [1.54, 1.807) is 0 Å². The molecular weight excluding hydrogens is 222 g/mol. The highest BCUT2D eigenvalue weighted by Gasteiger charge is 2.25. The molecule has 2 heterocycles. The molecule has 2 aromatic heterocycles. The van der Waals surface area contributed by atoms with Gasteiger partial charge >= 0.3 is 0 Å². The Morgan fingerprint density at radius 3 is 2.44 bits per heavy atom. The number of pyridine rings is 1. The Morgan fingerprint density at radius 1 is 1.22 bits per heavy atom. The molecule has 0 radical (unpaired) electrons. The van der Waals surface area contributed by atoms with Gasteiger partial charge in [0, 0.05) is 17.8 Å². The highest BCUT2D eigenvalue weighted by molar-refractivity contribution is 5.82. The molecule has 2 rings (SSSR count). The van der Waals surface area contributed by atoms with Gasteiger partial charge in [-0.25, -0.2) is 4.98 Å². The van der Waals surface area contributed by atoms with Gasteiger partial charge in [0.05, 0.1) is 11.5 Å². The monoisotopic (exact) mass is 241 g/mol. The van der Waals surface area contributed by atoms with E-state index in [-0.39, 0.29) is 5.41 Å². The molecule has 0 unspecified atom stereocenters. The molecule has 0 aromatic carbocycles. The van der Waals surface area contributed by atoms with Crippen LogP contribution >= 0.6 is 0 Å². The van der Waals surface area contributed by atoms with E-state index < -0.39 is 5.41 Å². The van der Waals surface area contributed by atoms with Gasteiger partial charge in [-0.3, -0.25) is 0 Å². The van der Waals surface area contributed by atoms with Crippen LogP contribution in [-0.4, -0.2) is 9.97 Å². The zero-order chi connectivity index (χ0) is 13.6. The minimum absolute atomic E-state index is 0.0620. The molecule has 18 heavy (non-hydrogen) atoms. The standard InChI is InChI=1S/C15H19N3/c1-14(2,3)10-6-11-12(15(4,5)9-16)8-18-13(11)17-7-10/h6-8H,1-5H3,(H,17,18). The van der Waals surface area contributed by atoms with Gasteiger partial charge in [-0.2, -0.15) is 5.26 Å². The summed E-state index contributed by atoms with van der Waals surface area (Å²) in [6, 6.07) is 4.49. The van der Waals surface area contributed by atoms with Gasteiger partial charge in [0.1, 0.15) is 5.65 Å². The van der Waals surface area contributed by atoms with E-state index in [0.29, 0.717) is 0 Å². The zero-order valence-corrected chi connectivity index (χ0v) is 11.6. The third-order valence-corrected chi connectivity index (χ3v) is 3.35. The summed E-state index contributed by atoms with van der Waals surface area (Å²) in [7, 11) is 0. The Morgan fingerprint density at radius 2 is 1.89 bits per heavy atom. The SMILES string of the molecule is CC(C)(C)c1cnc2[nH]cc(C(C)(C)C#N)c2c1. The second kappa shape index (κ2) is 3.84. The molecular formula is C15H19N3. The van der Waals surface area contributed by atoms with Crippen molar-refractivity contribution in [1.29, 1.82) is 5.26 Å². The quantitative estimate of drug-likeness (QED) is 0.828. The molecule has 3 nitrogen and oxygen atoms in total. The second-order valence-electron chi connectivity index (χ2n) is 6.31. The van der Waals surface area contributed by atoms with E-state index in [4.69, 9.17) is 0 Å². The fourth-order valence-corrected chi connectivity index (χ4v) is 1.99. The highest BCUT2D eigenvalue weighted by atomic mass is 14.8.